The van der Waals surface area contributed by atoms with Crippen molar-refractivity contribution in [1.82, 2.24) is 4.90 Å². The lowest BCUT2D eigenvalue weighted by molar-refractivity contribution is -0.138. The van der Waals surface area contributed by atoms with E-state index in [1.165, 1.54) is 0 Å². The molecule has 0 atom stereocenters. The number of rotatable bonds is 9. The van der Waals surface area contributed by atoms with E-state index in [2.05, 4.69) is 6.58 Å². The minimum atomic E-state index is -0.492. The van der Waals surface area contributed by atoms with Crippen LogP contribution in [0, 0.1) is 5.92 Å². The van der Waals surface area contributed by atoms with Crippen molar-refractivity contribution in [3.63, 3.8) is 0 Å². The molecule has 0 saturated carbocycles. The second kappa shape index (κ2) is 9.96. The first-order chi connectivity index (χ1) is 13.8. The van der Waals surface area contributed by atoms with E-state index >= 15 is 0 Å². The zero-order chi connectivity index (χ0) is 21.6. The van der Waals surface area contributed by atoms with E-state index in [1.807, 2.05) is 19.9 Å². The first-order valence-corrected chi connectivity index (χ1v) is 9.67. The summed E-state index contributed by atoms with van der Waals surface area (Å²) in [4.78, 5) is 27.3. The fraction of sp³-hybridized carbons (Fsp3) is 0.391. The molecule has 156 valence electrons. The van der Waals surface area contributed by atoms with E-state index in [4.69, 9.17) is 14.2 Å². The molecular weight excluding hydrogens is 370 g/mol. The lowest BCUT2D eigenvalue weighted by Gasteiger charge is -2.20. The predicted molar refractivity (Wildman–Crippen MR) is 113 cm³/mol. The highest BCUT2D eigenvalue weighted by molar-refractivity contribution is 6.16. The van der Waals surface area contributed by atoms with Crippen molar-refractivity contribution in [2.45, 2.75) is 27.7 Å². The third-order valence-electron chi connectivity index (χ3n) is 4.39. The fourth-order valence-electron chi connectivity index (χ4n) is 3.12. The summed E-state index contributed by atoms with van der Waals surface area (Å²) in [5.74, 6) is 0.673. The summed E-state index contributed by atoms with van der Waals surface area (Å²) in [5, 5.41) is 0. The van der Waals surface area contributed by atoms with Gasteiger partial charge in [0, 0.05) is 12.2 Å². The van der Waals surface area contributed by atoms with Crippen molar-refractivity contribution in [1.29, 1.82) is 0 Å². The molecule has 0 aromatic heterocycles. The average Bonchev–Trinajstić information content (AvgIpc) is 2.91. The molecule has 0 N–H and O–H groups in total. The van der Waals surface area contributed by atoms with Gasteiger partial charge in [-0.2, -0.15) is 0 Å². The Bertz CT molecular complexity index is 851. The van der Waals surface area contributed by atoms with Crippen LogP contribution < -0.4 is 9.47 Å². The SMILES string of the molecule is C=CCOc1ccc(/C=C2\C(=O)N(CC(C)C)C(C)=C2C(=O)OCC)cc1OC. The van der Waals surface area contributed by atoms with E-state index in [9.17, 15) is 9.59 Å². The van der Waals surface area contributed by atoms with Crippen LogP contribution >= 0.6 is 0 Å². The van der Waals surface area contributed by atoms with Gasteiger partial charge >= 0.3 is 5.97 Å². The molecule has 1 aliphatic rings. The second-order valence-electron chi connectivity index (χ2n) is 7.06. The van der Waals surface area contributed by atoms with Crippen molar-refractivity contribution in [2.24, 2.45) is 5.92 Å². The number of esters is 1. The summed E-state index contributed by atoms with van der Waals surface area (Å²) in [6.07, 6.45) is 3.34. The number of amides is 1. The molecule has 0 bridgehead atoms. The molecule has 0 unspecified atom stereocenters. The highest BCUT2D eigenvalue weighted by Crippen LogP contribution is 2.34. The number of hydrogen-bond donors (Lipinski definition) is 0. The van der Waals surface area contributed by atoms with Gasteiger partial charge in [0.25, 0.3) is 5.91 Å². The van der Waals surface area contributed by atoms with Crippen molar-refractivity contribution in [3.8, 4) is 11.5 Å². The van der Waals surface area contributed by atoms with Crippen LogP contribution in [-0.4, -0.2) is 43.6 Å². The summed E-state index contributed by atoms with van der Waals surface area (Å²) < 4.78 is 16.2. The largest absolute Gasteiger partial charge is 0.493 e. The minimum Gasteiger partial charge on any atom is -0.493 e. The number of carbonyl (C=O) groups excluding carboxylic acids is 2. The molecule has 0 radical (unpaired) electrons. The molecule has 1 aromatic rings. The molecular formula is C23H29NO5. The van der Waals surface area contributed by atoms with E-state index in [1.54, 1.807) is 50.1 Å². The molecule has 6 heteroatoms. The normalized spacial score (nSPS) is 15.3. The number of methoxy groups -OCH3 is 1. The van der Waals surface area contributed by atoms with Crippen LogP contribution in [-0.2, 0) is 14.3 Å². The van der Waals surface area contributed by atoms with Crippen LogP contribution in [0.1, 0.15) is 33.3 Å². The third kappa shape index (κ3) is 5.08. The van der Waals surface area contributed by atoms with E-state index in [0.29, 0.717) is 41.5 Å². The van der Waals surface area contributed by atoms with Gasteiger partial charge < -0.3 is 19.1 Å². The Hall–Kier alpha value is -3.02. The van der Waals surface area contributed by atoms with Crippen LogP contribution in [0.3, 0.4) is 0 Å². The van der Waals surface area contributed by atoms with Crippen LogP contribution in [0.2, 0.25) is 0 Å². The Labute approximate surface area is 172 Å². The standard InChI is InChI=1S/C23H29NO5/c1-7-11-29-19-10-9-17(13-20(19)27-6)12-18-21(23(26)28-8-2)16(5)24(22(18)25)14-15(3)4/h7,9-10,12-13,15H,1,8,11,14H2,2-6H3/b18-12-. The molecule has 1 aliphatic heterocycles. The Morgan fingerprint density at radius 2 is 2.00 bits per heavy atom. The topological polar surface area (TPSA) is 65.1 Å². The average molecular weight is 399 g/mol. The highest BCUT2D eigenvalue weighted by atomic mass is 16.5. The van der Waals surface area contributed by atoms with Crippen LogP contribution in [0.4, 0.5) is 0 Å². The van der Waals surface area contributed by atoms with Gasteiger partial charge in [-0.25, -0.2) is 4.79 Å². The summed E-state index contributed by atoms with van der Waals surface area (Å²) in [7, 11) is 1.55. The third-order valence-corrected chi connectivity index (χ3v) is 4.39. The Morgan fingerprint density at radius 3 is 2.59 bits per heavy atom. The van der Waals surface area contributed by atoms with Crippen molar-refractivity contribution < 1.29 is 23.8 Å². The van der Waals surface area contributed by atoms with Crippen molar-refractivity contribution in [2.75, 3.05) is 26.9 Å². The van der Waals surface area contributed by atoms with Gasteiger partial charge in [-0.15, -0.1) is 0 Å². The molecule has 1 heterocycles. The number of allylic oxidation sites excluding steroid dienone is 1. The van der Waals surface area contributed by atoms with Crippen LogP contribution in [0.15, 0.2) is 47.7 Å². The van der Waals surface area contributed by atoms with Gasteiger partial charge in [0.05, 0.1) is 24.9 Å². The van der Waals surface area contributed by atoms with Gasteiger partial charge in [0.15, 0.2) is 11.5 Å². The quantitative estimate of drug-likeness (QED) is 0.357. The summed E-state index contributed by atoms with van der Waals surface area (Å²) in [5.41, 5.74) is 1.97. The van der Waals surface area contributed by atoms with E-state index in [-0.39, 0.29) is 18.4 Å². The van der Waals surface area contributed by atoms with Gasteiger partial charge in [-0.05, 0) is 43.5 Å². The van der Waals surface area contributed by atoms with E-state index in [0.717, 1.165) is 5.56 Å². The minimum absolute atomic E-state index is 0.204. The molecule has 29 heavy (non-hydrogen) atoms. The smallest absolute Gasteiger partial charge is 0.340 e. The number of carbonyl (C=O) groups is 2. The van der Waals surface area contributed by atoms with Crippen molar-refractivity contribution >= 4 is 18.0 Å². The summed E-state index contributed by atoms with van der Waals surface area (Å²) in [6.45, 7) is 12.3. The highest BCUT2D eigenvalue weighted by Gasteiger charge is 2.37. The maximum atomic E-state index is 13.1. The van der Waals surface area contributed by atoms with Gasteiger partial charge in [0.2, 0.25) is 0 Å². The summed E-state index contributed by atoms with van der Waals surface area (Å²) in [6, 6.07) is 5.34. The van der Waals surface area contributed by atoms with Gasteiger partial charge in [0.1, 0.15) is 6.61 Å². The molecule has 0 saturated heterocycles. The van der Waals surface area contributed by atoms with E-state index < -0.39 is 5.97 Å². The summed E-state index contributed by atoms with van der Waals surface area (Å²) >= 11 is 0. The first kappa shape index (κ1) is 22.3. The predicted octanol–water partition coefficient (Wildman–Crippen LogP) is 3.98. The molecule has 0 spiro atoms. The Morgan fingerprint density at radius 1 is 1.28 bits per heavy atom. The van der Waals surface area contributed by atoms with Crippen LogP contribution in [0.5, 0.6) is 11.5 Å². The molecule has 6 nitrogen and oxygen atoms in total. The zero-order valence-electron chi connectivity index (χ0n) is 17.8. The number of ether oxygens (including phenoxy) is 3. The molecule has 0 fully saturated rings. The lowest BCUT2D eigenvalue weighted by atomic mass is 10.0. The maximum Gasteiger partial charge on any atom is 0.340 e. The van der Waals surface area contributed by atoms with Crippen LogP contribution in [0.25, 0.3) is 6.08 Å². The molecule has 0 aliphatic carbocycles. The van der Waals surface area contributed by atoms with Gasteiger partial charge in [-0.1, -0.05) is 32.6 Å². The lowest BCUT2D eigenvalue weighted by Crippen LogP contribution is -2.28. The molecule has 1 amide bonds. The fourth-order valence-corrected chi connectivity index (χ4v) is 3.12. The monoisotopic (exact) mass is 399 g/mol. The van der Waals surface area contributed by atoms with Crippen molar-refractivity contribution in [3.05, 3.63) is 53.3 Å². The number of nitrogens with zero attached hydrogens (tertiary/aromatic N) is 1. The zero-order valence-corrected chi connectivity index (χ0v) is 17.8. The number of hydrogen-bond acceptors (Lipinski definition) is 5. The molecule has 2 rings (SSSR count). The first-order valence-electron chi connectivity index (χ1n) is 9.67. The Balaban J connectivity index is 2.49. The Kier molecular flexibility index (Phi) is 7.65. The van der Waals surface area contributed by atoms with Gasteiger partial charge in [-0.3, -0.25) is 4.79 Å². The maximum absolute atomic E-state index is 13.1. The second-order valence-corrected chi connectivity index (χ2v) is 7.06. The molecule has 1 aromatic carbocycles. The number of benzene rings is 1.